The summed E-state index contributed by atoms with van der Waals surface area (Å²) in [6.07, 6.45) is 4.60. The van der Waals surface area contributed by atoms with Crippen LogP contribution in [0.3, 0.4) is 0 Å². The summed E-state index contributed by atoms with van der Waals surface area (Å²) < 4.78 is 0. The van der Waals surface area contributed by atoms with Crippen LogP contribution in [0.4, 0.5) is 0 Å². The van der Waals surface area contributed by atoms with Crippen LogP contribution in [-0.4, -0.2) is 11.7 Å². The van der Waals surface area contributed by atoms with Gasteiger partial charge in [-0.3, -0.25) is 0 Å². The van der Waals surface area contributed by atoms with Crippen molar-refractivity contribution < 1.29 is 5.11 Å². The van der Waals surface area contributed by atoms with Gasteiger partial charge in [-0.25, -0.2) is 0 Å². The van der Waals surface area contributed by atoms with Crippen molar-refractivity contribution in [2.24, 2.45) is 5.41 Å². The van der Waals surface area contributed by atoms with Crippen molar-refractivity contribution in [1.82, 2.24) is 0 Å². The third-order valence-corrected chi connectivity index (χ3v) is 2.42. The number of hydrogen-bond donors (Lipinski definition) is 1. The summed E-state index contributed by atoms with van der Waals surface area (Å²) in [6, 6.07) is 0. The number of aliphatic hydroxyl groups excluding tert-OH is 1. The summed E-state index contributed by atoms with van der Waals surface area (Å²) in [7, 11) is 0. The van der Waals surface area contributed by atoms with Gasteiger partial charge in [0.15, 0.2) is 0 Å². The van der Waals surface area contributed by atoms with Gasteiger partial charge in [-0.05, 0) is 18.3 Å². The van der Waals surface area contributed by atoms with Gasteiger partial charge in [-0.1, -0.05) is 33.6 Å². The van der Waals surface area contributed by atoms with Gasteiger partial charge >= 0.3 is 0 Å². The Morgan fingerprint density at radius 3 is 2.10 bits per heavy atom. The van der Waals surface area contributed by atoms with Crippen LogP contribution < -0.4 is 0 Å². The number of hydrogen-bond acceptors (Lipinski definition) is 1. The molecule has 0 saturated heterocycles. The molecule has 1 heteroatoms. The molecule has 0 aromatic heterocycles. The molecule has 0 aromatic rings. The minimum Gasteiger partial charge on any atom is -0.396 e. The predicted molar refractivity (Wildman–Crippen MR) is 45.0 cm³/mol. The lowest BCUT2D eigenvalue weighted by atomic mass is 9.80. The van der Waals surface area contributed by atoms with Crippen LogP contribution in [0.25, 0.3) is 0 Å². The molecule has 0 spiro atoms. The first-order chi connectivity index (χ1) is 4.68. The average molecular weight is 144 g/mol. The SMILES string of the molecule is CCCC(C)(CC)CCO. The molecule has 0 aromatic carbocycles. The lowest BCUT2D eigenvalue weighted by Crippen LogP contribution is -2.16. The van der Waals surface area contributed by atoms with Crippen LogP contribution in [0.2, 0.25) is 0 Å². The van der Waals surface area contributed by atoms with Crippen molar-refractivity contribution >= 4 is 0 Å². The quantitative estimate of drug-likeness (QED) is 0.628. The maximum Gasteiger partial charge on any atom is 0.0436 e. The summed E-state index contributed by atoms with van der Waals surface area (Å²) >= 11 is 0. The highest BCUT2D eigenvalue weighted by Gasteiger charge is 2.19. The minimum atomic E-state index is 0.338. The smallest absolute Gasteiger partial charge is 0.0436 e. The van der Waals surface area contributed by atoms with E-state index in [-0.39, 0.29) is 0 Å². The van der Waals surface area contributed by atoms with E-state index < -0.39 is 0 Å². The van der Waals surface area contributed by atoms with Gasteiger partial charge in [0.05, 0.1) is 0 Å². The third-order valence-electron chi connectivity index (χ3n) is 2.42. The van der Waals surface area contributed by atoms with Gasteiger partial charge in [-0.2, -0.15) is 0 Å². The van der Waals surface area contributed by atoms with Crippen LogP contribution in [-0.2, 0) is 0 Å². The summed E-state index contributed by atoms with van der Waals surface area (Å²) in [5, 5.41) is 8.76. The molecule has 1 nitrogen and oxygen atoms in total. The standard InChI is InChI=1S/C9H20O/c1-4-6-9(3,5-2)7-8-10/h10H,4-8H2,1-3H3. The van der Waals surface area contributed by atoms with Crippen molar-refractivity contribution in [3.05, 3.63) is 0 Å². The largest absolute Gasteiger partial charge is 0.396 e. The van der Waals surface area contributed by atoms with Crippen LogP contribution in [0.1, 0.15) is 46.5 Å². The molecular weight excluding hydrogens is 124 g/mol. The second kappa shape index (κ2) is 4.73. The molecule has 0 aliphatic carbocycles. The van der Waals surface area contributed by atoms with E-state index in [4.69, 9.17) is 5.11 Å². The zero-order valence-electron chi connectivity index (χ0n) is 7.48. The highest BCUT2D eigenvalue weighted by atomic mass is 16.3. The summed E-state index contributed by atoms with van der Waals surface area (Å²) in [5.74, 6) is 0. The average Bonchev–Trinajstić information content (AvgIpc) is 1.89. The first-order valence-corrected chi connectivity index (χ1v) is 4.29. The van der Waals surface area contributed by atoms with Crippen molar-refractivity contribution in [3.63, 3.8) is 0 Å². The van der Waals surface area contributed by atoms with E-state index in [1.807, 2.05) is 0 Å². The Morgan fingerprint density at radius 1 is 1.20 bits per heavy atom. The molecule has 0 bridgehead atoms. The maximum atomic E-state index is 8.76. The van der Waals surface area contributed by atoms with Crippen LogP contribution >= 0.6 is 0 Å². The van der Waals surface area contributed by atoms with Gasteiger partial charge in [0.25, 0.3) is 0 Å². The topological polar surface area (TPSA) is 20.2 Å². The zero-order valence-corrected chi connectivity index (χ0v) is 7.48. The molecule has 0 aliphatic heterocycles. The zero-order chi connectivity index (χ0) is 8.04. The maximum absolute atomic E-state index is 8.76. The molecule has 0 saturated carbocycles. The highest BCUT2D eigenvalue weighted by Crippen LogP contribution is 2.30. The highest BCUT2D eigenvalue weighted by molar-refractivity contribution is 4.70. The van der Waals surface area contributed by atoms with Crippen LogP contribution in [0.15, 0.2) is 0 Å². The summed E-state index contributed by atoms with van der Waals surface area (Å²) in [6.45, 7) is 6.99. The monoisotopic (exact) mass is 144 g/mol. The molecule has 0 heterocycles. The molecule has 0 aliphatic rings. The van der Waals surface area contributed by atoms with Crippen molar-refractivity contribution in [2.75, 3.05) is 6.61 Å². The Labute approximate surface area is 64.5 Å². The molecule has 1 N–H and O–H groups in total. The summed E-state index contributed by atoms with van der Waals surface area (Å²) in [5.41, 5.74) is 0.392. The molecule has 1 atom stereocenters. The Bertz CT molecular complexity index is 72.8. The van der Waals surface area contributed by atoms with E-state index in [1.165, 1.54) is 19.3 Å². The Hall–Kier alpha value is -0.0400. The van der Waals surface area contributed by atoms with Crippen molar-refractivity contribution in [1.29, 1.82) is 0 Å². The molecule has 62 valence electrons. The third kappa shape index (κ3) is 3.21. The summed E-state index contributed by atoms with van der Waals surface area (Å²) in [4.78, 5) is 0. The van der Waals surface area contributed by atoms with Crippen molar-refractivity contribution in [2.45, 2.75) is 46.5 Å². The van der Waals surface area contributed by atoms with Gasteiger partial charge in [-0.15, -0.1) is 0 Å². The van der Waals surface area contributed by atoms with E-state index in [0.29, 0.717) is 12.0 Å². The van der Waals surface area contributed by atoms with Crippen LogP contribution in [0, 0.1) is 5.41 Å². The molecular formula is C9H20O. The molecule has 1 unspecified atom stereocenters. The van der Waals surface area contributed by atoms with E-state index in [9.17, 15) is 0 Å². The van der Waals surface area contributed by atoms with Gasteiger partial charge in [0, 0.05) is 6.61 Å². The second-order valence-corrected chi connectivity index (χ2v) is 3.39. The Kier molecular flexibility index (Phi) is 4.71. The molecule has 0 radical (unpaired) electrons. The van der Waals surface area contributed by atoms with E-state index in [0.717, 1.165) is 6.42 Å². The molecule has 0 rings (SSSR count). The van der Waals surface area contributed by atoms with Crippen molar-refractivity contribution in [3.8, 4) is 0 Å². The normalized spacial score (nSPS) is 16.8. The van der Waals surface area contributed by atoms with E-state index in [2.05, 4.69) is 20.8 Å². The Morgan fingerprint density at radius 2 is 1.80 bits per heavy atom. The lowest BCUT2D eigenvalue weighted by Gasteiger charge is -2.26. The fourth-order valence-electron chi connectivity index (χ4n) is 1.35. The molecule has 10 heavy (non-hydrogen) atoms. The minimum absolute atomic E-state index is 0.338. The van der Waals surface area contributed by atoms with Gasteiger partial charge < -0.3 is 5.11 Å². The fraction of sp³-hybridized carbons (Fsp3) is 1.00. The number of rotatable bonds is 5. The fourth-order valence-corrected chi connectivity index (χ4v) is 1.35. The first-order valence-electron chi connectivity index (χ1n) is 4.29. The van der Waals surface area contributed by atoms with Gasteiger partial charge in [0.2, 0.25) is 0 Å². The molecule has 0 fully saturated rings. The second-order valence-electron chi connectivity index (χ2n) is 3.39. The Balaban J connectivity index is 3.69. The first kappa shape index (κ1) is 9.96. The lowest BCUT2D eigenvalue weighted by molar-refractivity contribution is 0.179. The predicted octanol–water partition coefficient (Wildman–Crippen LogP) is 2.59. The van der Waals surface area contributed by atoms with E-state index in [1.54, 1.807) is 0 Å². The van der Waals surface area contributed by atoms with E-state index >= 15 is 0 Å². The van der Waals surface area contributed by atoms with Crippen LogP contribution in [0.5, 0.6) is 0 Å². The van der Waals surface area contributed by atoms with Gasteiger partial charge in [0.1, 0.15) is 0 Å². The molecule has 0 amide bonds. The number of aliphatic hydroxyl groups is 1.